The van der Waals surface area contributed by atoms with Gasteiger partial charge in [0.25, 0.3) is 0 Å². The summed E-state index contributed by atoms with van der Waals surface area (Å²) in [4.78, 5) is 37.8. The summed E-state index contributed by atoms with van der Waals surface area (Å²) in [5, 5.41) is 11.5. The van der Waals surface area contributed by atoms with Crippen molar-refractivity contribution >= 4 is 28.7 Å². The summed E-state index contributed by atoms with van der Waals surface area (Å²) in [5.74, 6) is -3.13. The van der Waals surface area contributed by atoms with E-state index < -0.39 is 74.9 Å². The number of ether oxygens (including phenoxy) is 1. The monoisotopic (exact) mass is 527 g/mol. The largest absolute Gasteiger partial charge is 0.477 e. The smallest absolute Gasteiger partial charge is 0.420 e. The van der Waals surface area contributed by atoms with Gasteiger partial charge in [0.15, 0.2) is 0 Å². The van der Waals surface area contributed by atoms with E-state index in [0.29, 0.717) is 25.3 Å². The van der Waals surface area contributed by atoms with Crippen LogP contribution in [-0.2, 0) is 10.9 Å². The molecule has 2 aromatic rings. The molecule has 1 aromatic carbocycles. The number of hydrogen-bond acceptors (Lipinski definition) is 5. The third kappa shape index (κ3) is 5.37. The van der Waals surface area contributed by atoms with Gasteiger partial charge in [-0.2, -0.15) is 13.2 Å². The molecule has 1 aromatic heterocycles. The first-order valence-corrected chi connectivity index (χ1v) is 12.0. The molecule has 0 radical (unpaired) electrons. The van der Waals surface area contributed by atoms with Crippen molar-refractivity contribution in [3.8, 4) is 0 Å². The van der Waals surface area contributed by atoms with E-state index in [2.05, 4.69) is 5.32 Å². The number of alkyl carbamates (subject to hydrolysis) is 1. The quantitative estimate of drug-likeness (QED) is 0.535. The lowest BCUT2D eigenvalue weighted by molar-refractivity contribution is -0.136. The minimum Gasteiger partial charge on any atom is -0.477 e. The Balaban J connectivity index is 1.77. The fraction of sp³-hybridized carbons (Fsp3) is 0.560. The summed E-state index contributed by atoms with van der Waals surface area (Å²) in [5.41, 5.74) is -5.07. The van der Waals surface area contributed by atoms with Gasteiger partial charge in [0.05, 0.1) is 16.6 Å². The Hall–Kier alpha value is -3.31. The molecular formula is C25H29F4N3O5. The first kappa shape index (κ1) is 26.7. The summed E-state index contributed by atoms with van der Waals surface area (Å²) in [7, 11) is 0. The van der Waals surface area contributed by atoms with E-state index in [1.807, 2.05) is 0 Å². The van der Waals surface area contributed by atoms with Crippen LogP contribution in [0.25, 0.3) is 10.9 Å². The number of amides is 1. The first-order valence-electron chi connectivity index (χ1n) is 12.0. The summed E-state index contributed by atoms with van der Waals surface area (Å²) in [6, 6.07) is -0.158. The number of halogens is 4. The molecule has 4 rings (SSSR count). The van der Waals surface area contributed by atoms with Crippen LogP contribution in [0.5, 0.6) is 0 Å². The number of carbonyl (C=O) groups is 2. The molecule has 0 spiro atoms. The molecule has 2 N–H and O–H groups in total. The maximum absolute atomic E-state index is 15.4. The Labute approximate surface area is 210 Å². The number of aromatic nitrogens is 1. The van der Waals surface area contributed by atoms with Crippen molar-refractivity contribution in [1.29, 1.82) is 0 Å². The van der Waals surface area contributed by atoms with Crippen molar-refractivity contribution in [2.24, 2.45) is 5.92 Å². The summed E-state index contributed by atoms with van der Waals surface area (Å²) in [6.45, 7) is 6.95. The lowest BCUT2D eigenvalue weighted by atomic mass is 10.0. The third-order valence-corrected chi connectivity index (χ3v) is 6.69. The number of alkyl halides is 3. The number of nitrogens with one attached hydrogen (secondary N) is 1. The maximum atomic E-state index is 15.4. The highest BCUT2D eigenvalue weighted by Crippen LogP contribution is 2.47. The average molecular weight is 528 g/mol. The number of benzene rings is 1. The van der Waals surface area contributed by atoms with Gasteiger partial charge in [0.2, 0.25) is 5.43 Å². The van der Waals surface area contributed by atoms with Crippen LogP contribution in [0.3, 0.4) is 0 Å². The van der Waals surface area contributed by atoms with E-state index in [1.165, 1.54) is 4.90 Å². The van der Waals surface area contributed by atoms with Crippen LogP contribution in [-0.4, -0.2) is 46.5 Å². The van der Waals surface area contributed by atoms with Crippen LogP contribution in [0.1, 0.15) is 68.9 Å². The van der Waals surface area contributed by atoms with Gasteiger partial charge in [0.1, 0.15) is 22.5 Å². The Morgan fingerprint density at radius 3 is 2.38 bits per heavy atom. The molecule has 37 heavy (non-hydrogen) atoms. The highest BCUT2D eigenvalue weighted by Gasteiger charge is 2.43. The number of carbonyl (C=O) groups excluding carboxylic acids is 1. The molecule has 2 atom stereocenters. The van der Waals surface area contributed by atoms with Gasteiger partial charge in [-0.3, -0.25) is 4.79 Å². The van der Waals surface area contributed by atoms with Crippen molar-refractivity contribution in [2.75, 3.05) is 18.0 Å². The van der Waals surface area contributed by atoms with Crippen molar-refractivity contribution < 1.29 is 37.0 Å². The molecule has 12 heteroatoms. The van der Waals surface area contributed by atoms with Crippen molar-refractivity contribution in [2.45, 2.75) is 70.8 Å². The highest BCUT2D eigenvalue weighted by molar-refractivity contribution is 5.95. The number of anilines is 1. The van der Waals surface area contributed by atoms with Gasteiger partial charge in [-0.05, 0) is 58.9 Å². The number of fused-ring (bicyclic) bond motifs is 1. The Morgan fingerprint density at radius 2 is 1.84 bits per heavy atom. The van der Waals surface area contributed by atoms with E-state index in [9.17, 15) is 32.7 Å². The van der Waals surface area contributed by atoms with E-state index in [-0.39, 0.29) is 19.0 Å². The minimum absolute atomic E-state index is 0.0311. The zero-order valence-corrected chi connectivity index (χ0v) is 20.9. The summed E-state index contributed by atoms with van der Waals surface area (Å²) < 4.78 is 65.5. The predicted octanol–water partition coefficient (Wildman–Crippen LogP) is 4.93. The van der Waals surface area contributed by atoms with E-state index in [1.54, 1.807) is 27.7 Å². The molecule has 1 saturated carbocycles. The van der Waals surface area contributed by atoms with E-state index in [0.717, 1.165) is 10.8 Å². The van der Waals surface area contributed by atoms with Gasteiger partial charge in [-0.15, -0.1) is 0 Å². The molecule has 8 nitrogen and oxygen atoms in total. The second-order valence-electron chi connectivity index (χ2n) is 10.7. The van der Waals surface area contributed by atoms with Crippen LogP contribution in [0.4, 0.5) is 28.0 Å². The summed E-state index contributed by atoms with van der Waals surface area (Å²) >= 11 is 0. The predicted molar refractivity (Wildman–Crippen MR) is 128 cm³/mol. The average Bonchev–Trinajstić information content (AvgIpc) is 3.47. The van der Waals surface area contributed by atoms with Gasteiger partial charge < -0.3 is 24.6 Å². The van der Waals surface area contributed by atoms with Gasteiger partial charge in [0, 0.05) is 31.4 Å². The molecule has 1 saturated heterocycles. The molecule has 2 aliphatic rings. The SMILES string of the molecule is C[C@H](NC(=O)OC(C)(C)C)[C@@H]1CCN(c2c(F)cc3c(=O)c(C(=O)O)cn(C4CC4)c3c2C(F)(F)F)C1. The molecule has 1 amide bonds. The molecule has 1 aliphatic heterocycles. The molecule has 0 bridgehead atoms. The fourth-order valence-electron chi connectivity index (χ4n) is 4.86. The lowest BCUT2D eigenvalue weighted by Crippen LogP contribution is -2.42. The molecule has 2 fully saturated rings. The number of carboxylic acid groups (broad SMARTS) is 1. The topological polar surface area (TPSA) is 101 Å². The Kier molecular flexibility index (Phi) is 6.66. The number of hydrogen-bond donors (Lipinski definition) is 2. The van der Waals surface area contributed by atoms with Crippen LogP contribution >= 0.6 is 0 Å². The zero-order chi connectivity index (χ0) is 27.4. The van der Waals surface area contributed by atoms with E-state index in [4.69, 9.17) is 4.74 Å². The molecule has 202 valence electrons. The molecular weight excluding hydrogens is 498 g/mol. The lowest BCUT2D eigenvalue weighted by Gasteiger charge is -2.28. The fourth-order valence-corrected chi connectivity index (χ4v) is 4.86. The molecule has 2 heterocycles. The molecule has 0 unspecified atom stereocenters. The zero-order valence-electron chi connectivity index (χ0n) is 20.9. The normalized spacial score (nSPS) is 19.2. The second-order valence-corrected chi connectivity index (χ2v) is 10.7. The van der Waals surface area contributed by atoms with Crippen LogP contribution in [0, 0.1) is 11.7 Å². The standard InChI is InChI=1S/C25H29F4N3O5/c1-12(30-23(36)37-24(2,3)4)13-7-8-31(10-13)20-17(26)9-15-19(18(20)25(27,28)29)32(14-5-6-14)11-16(21(15)33)22(34)35/h9,11-14H,5-8,10H2,1-4H3,(H,30,36)(H,34,35)/t12-,13+/m0/s1. The number of aromatic carboxylic acids is 1. The van der Waals surface area contributed by atoms with Crippen LogP contribution < -0.4 is 15.6 Å². The maximum Gasteiger partial charge on any atom is 0.420 e. The second kappa shape index (κ2) is 9.21. The van der Waals surface area contributed by atoms with E-state index >= 15 is 4.39 Å². The first-order chi connectivity index (χ1) is 17.1. The minimum atomic E-state index is -5.03. The van der Waals surface area contributed by atoms with Crippen LogP contribution in [0.15, 0.2) is 17.1 Å². The number of carboxylic acids is 1. The number of rotatable bonds is 5. The van der Waals surface area contributed by atoms with Gasteiger partial charge >= 0.3 is 18.2 Å². The van der Waals surface area contributed by atoms with Crippen LogP contribution in [0.2, 0.25) is 0 Å². The Morgan fingerprint density at radius 1 is 1.19 bits per heavy atom. The van der Waals surface area contributed by atoms with Crippen molar-refractivity contribution in [1.82, 2.24) is 9.88 Å². The van der Waals surface area contributed by atoms with Gasteiger partial charge in [-0.25, -0.2) is 14.0 Å². The van der Waals surface area contributed by atoms with Gasteiger partial charge in [-0.1, -0.05) is 0 Å². The number of pyridine rings is 1. The number of nitrogens with zero attached hydrogens (tertiary/aromatic N) is 2. The molecule has 1 aliphatic carbocycles. The van der Waals surface area contributed by atoms with Crippen molar-refractivity contribution in [3.63, 3.8) is 0 Å². The summed E-state index contributed by atoms with van der Waals surface area (Å²) in [6.07, 6.45) is -3.34. The Bertz CT molecular complexity index is 1310. The highest BCUT2D eigenvalue weighted by atomic mass is 19.4. The van der Waals surface area contributed by atoms with Crippen molar-refractivity contribution in [3.05, 3.63) is 39.4 Å². The third-order valence-electron chi connectivity index (χ3n) is 6.69.